The van der Waals surface area contributed by atoms with E-state index in [9.17, 15) is 19.1 Å². The third kappa shape index (κ3) is 5.17. The number of rotatable bonds is 5. The van der Waals surface area contributed by atoms with Gasteiger partial charge in [0.15, 0.2) is 0 Å². The molecule has 0 saturated heterocycles. The van der Waals surface area contributed by atoms with Crippen LogP contribution in [0.3, 0.4) is 0 Å². The van der Waals surface area contributed by atoms with Crippen LogP contribution in [0.4, 0.5) is 4.39 Å². The van der Waals surface area contributed by atoms with Gasteiger partial charge in [0.1, 0.15) is 11.7 Å². The van der Waals surface area contributed by atoms with Crippen LogP contribution in [0, 0.1) is 17.2 Å². The molecule has 4 nitrogen and oxygen atoms in total. The number of carboxylic acid groups (broad SMARTS) is 1. The van der Waals surface area contributed by atoms with Gasteiger partial charge in [0.05, 0.1) is 0 Å². The Balaban J connectivity index is 2.68. The largest absolute Gasteiger partial charge is 0.481 e. The van der Waals surface area contributed by atoms with Crippen molar-refractivity contribution in [2.24, 2.45) is 11.3 Å². The summed E-state index contributed by atoms with van der Waals surface area (Å²) >= 11 is 0. The van der Waals surface area contributed by atoms with Crippen molar-refractivity contribution in [2.75, 3.05) is 0 Å². The van der Waals surface area contributed by atoms with E-state index in [2.05, 4.69) is 5.32 Å². The Morgan fingerprint density at radius 1 is 1.24 bits per heavy atom. The van der Waals surface area contributed by atoms with Gasteiger partial charge in [-0.2, -0.15) is 0 Å². The van der Waals surface area contributed by atoms with Gasteiger partial charge < -0.3 is 10.4 Å². The van der Waals surface area contributed by atoms with E-state index in [0.717, 1.165) is 5.56 Å². The van der Waals surface area contributed by atoms with Crippen LogP contribution >= 0.6 is 0 Å². The molecule has 0 bridgehead atoms. The van der Waals surface area contributed by atoms with Gasteiger partial charge in [0.25, 0.3) is 0 Å². The molecule has 1 aromatic carbocycles. The fraction of sp³-hybridized carbons (Fsp3) is 0.500. The highest BCUT2D eigenvalue weighted by molar-refractivity contribution is 5.97. The lowest BCUT2D eigenvalue weighted by molar-refractivity contribution is -0.151. The number of hydrogen-bond acceptors (Lipinski definition) is 2. The standard InChI is InChI=1S/C16H22FNO3/c1-10(9-11-5-7-12(17)8-6-11)18-14(19)13(15(20)21)16(2,3)4/h5-8,10,13H,9H2,1-4H3,(H,18,19)(H,20,21). The Kier molecular flexibility index (Phi) is 5.47. The molecule has 5 heteroatoms. The monoisotopic (exact) mass is 295 g/mol. The Bertz CT molecular complexity index is 505. The van der Waals surface area contributed by atoms with Gasteiger partial charge in [-0.1, -0.05) is 32.9 Å². The zero-order valence-electron chi connectivity index (χ0n) is 12.8. The van der Waals surface area contributed by atoms with Gasteiger partial charge in [-0.15, -0.1) is 0 Å². The maximum atomic E-state index is 12.8. The zero-order valence-corrected chi connectivity index (χ0v) is 12.8. The summed E-state index contributed by atoms with van der Waals surface area (Å²) in [5.74, 6) is -3.04. The van der Waals surface area contributed by atoms with Crippen LogP contribution < -0.4 is 5.32 Å². The van der Waals surface area contributed by atoms with Crippen LogP contribution in [0.25, 0.3) is 0 Å². The van der Waals surface area contributed by atoms with Crippen LogP contribution in [0.15, 0.2) is 24.3 Å². The molecule has 1 rings (SSSR count). The van der Waals surface area contributed by atoms with Crippen molar-refractivity contribution in [1.29, 1.82) is 0 Å². The molecule has 0 heterocycles. The predicted molar refractivity (Wildman–Crippen MR) is 78.3 cm³/mol. The van der Waals surface area contributed by atoms with Crippen molar-refractivity contribution in [3.05, 3.63) is 35.6 Å². The highest BCUT2D eigenvalue weighted by Crippen LogP contribution is 2.26. The lowest BCUT2D eigenvalue weighted by atomic mass is 9.80. The molecule has 0 radical (unpaired) electrons. The number of carbonyl (C=O) groups excluding carboxylic acids is 1. The third-order valence-corrected chi connectivity index (χ3v) is 3.22. The van der Waals surface area contributed by atoms with Crippen LogP contribution in [0.2, 0.25) is 0 Å². The molecule has 1 amide bonds. The maximum Gasteiger partial charge on any atom is 0.316 e. The molecule has 116 valence electrons. The summed E-state index contributed by atoms with van der Waals surface area (Å²) in [6, 6.07) is 5.79. The fourth-order valence-corrected chi connectivity index (χ4v) is 2.23. The maximum absolute atomic E-state index is 12.8. The SMILES string of the molecule is CC(Cc1ccc(F)cc1)NC(=O)C(C(=O)O)C(C)(C)C. The van der Waals surface area contributed by atoms with Crippen molar-refractivity contribution in [3.8, 4) is 0 Å². The molecule has 0 aliphatic heterocycles. The minimum absolute atomic E-state index is 0.229. The van der Waals surface area contributed by atoms with E-state index in [0.29, 0.717) is 6.42 Å². The van der Waals surface area contributed by atoms with E-state index in [-0.39, 0.29) is 11.9 Å². The van der Waals surface area contributed by atoms with E-state index in [1.165, 1.54) is 12.1 Å². The lowest BCUT2D eigenvalue weighted by Gasteiger charge is -2.27. The molecule has 0 aromatic heterocycles. The van der Waals surface area contributed by atoms with Gasteiger partial charge in [0, 0.05) is 6.04 Å². The first-order valence-corrected chi connectivity index (χ1v) is 6.89. The summed E-state index contributed by atoms with van der Waals surface area (Å²) in [7, 11) is 0. The van der Waals surface area contributed by atoms with Crippen molar-refractivity contribution in [3.63, 3.8) is 0 Å². The summed E-state index contributed by atoms with van der Waals surface area (Å²) in [6.45, 7) is 6.95. The van der Waals surface area contributed by atoms with Gasteiger partial charge >= 0.3 is 5.97 Å². The molecule has 0 spiro atoms. The summed E-state index contributed by atoms with van der Waals surface area (Å²) in [6.07, 6.45) is 0.516. The fourth-order valence-electron chi connectivity index (χ4n) is 2.23. The van der Waals surface area contributed by atoms with Gasteiger partial charge in [-0.25, -0.2) is 4.39 Å². The first-order valence-electron chi connectivity index (χ1n) is 6.89. The molecule has 21 heavy (non-hydrogen) atoms. The van der Waals surface area contributed by atoms with E-state index >= 15 is 0 Å². The summed E-state index contributed by atoms with van der Waals surface area (Å²) in [5, 5.41) is 11.9. The second-order valence-corrected chi connectivity index (χ2v) is 6.38. The summed E-state index contributed by atoms with van der Waals surface area (Å²) in [5.41, 5.74) is 0.220. The van der Waals surface area contributed by atoms with Crippen LogP contribution in [-0.2, 0) is 16.0 Å². The second-order valence-electron chi connectivity index (χ2n) is 6.38. The zero-order chi connectivity index (χ0) is 16.2. The second kappa shape index (κ2) is 6.70. The third-order valence-electron chi connectivity index (χ3n) is 3.22. The molecule has 0 saturated carbocycles. The predicted octanol–water partition coefficient (Wildman–Crippen LogP) is 2.62. The van der Waals surface area contributed by atoms with E-state index < -0.39 is 23.2 Å². The van der Waals surface area contributed by atoms with Crippen molar-refractivity contribution in [1.82, 2.24) is 5.32 Å². The lowest BCUT2D eigenvalue weighted by Crippen LogP contribution is -2.46. The van der Waals surface area contributed by atoms with Crippen molar-refractivity contribution in [2.45, 2.75) is 40.2 Å². The normalized spacial score (nSPS) is 14.3. The van der Waals surface area contributed by atoms with Gasteiger partial charge in [0.2, 0.25) is 5.91 Å². The molecule has 0 aliphatic carbocycles. The number of carbonyl (C=O) groups is 2. The van der Waals surface area contributed by atoms with Crippen LogP contribution in [-0.4, -0.2) is 23.0 Å². The molecule has 2 unspecified atom stereocenters. The Hall–Kier alpha value is -1.91. The summed E-state index contributed by atoms with van der Waals surface area (Å²) < 4.78 is 12.8. The smallest absolute Gasteiger partial charge is 0.316 e. The Morgan fingerprint density at radius 2 is 1.76 bits per heavy atom. The first kappa shape index (κ1) is 17.1. The molecular formula is C16H22FNO3. The number of aliphatic carboxylic acids is 1. The van der Waals surface area contributed by atoms with Crippen molar-refractivity contribution < 1.29 is 19.1 Å². The molecule has 2 atom stereocenters. The van der Waals surface area contributed by atoms with Crippen LogP contribution in [0.1, 0.15) is 33.3 Å². The number of carboxylic acids is 1. The topological polar surface area (TPSA) is 66.4 Å². The Labute approximate surface area is 124 Å². The van der Waals surface area contributed by atoms with E-state index in [4.69, 9.17) is 0 Å². The number of benzene rings is 1. The Morgan fingerprint density at radius 3 is 2.19 bits per heavy atom. The highest BCUT2D eigenvalue weighted by Gasteiger charge is 2.37. The molecular weight excluding hydrogens is 273 g/mol. The average Bonchev–Trinajstić information content (AvgIpc) is 2.29. The number of hydrogen-bond donors (Lipinski definition) is 2. The van der Waals surface area contributed by atoms with Crippen LogP contribution in [0.5, 0.6) is 0 Å². The summed E-state index contributed by atoms with van der Waals surface area (Å²) in [4.78, 5) is 23.4. The van der Waals surface area contributed by atoms with Gasteiger partial charge in [-0.05, 0) is 36.5 Å². The first-order chi connectivity index (χ1) is 9.61. The van der Waals surface area contributed by atoms with Gasteiger partial charge in [-0.3, -0.25) is 9.59 Å². The quantitative estimate of drug-likeness (QED) is 0.821. The molecule has 0 aliphatic rings. The van der Waals surface area contributed by atoms with E-state index in [1.54, 1.807) is 39.8 Å². The average molecular weight is 295 g/mol. The number of amides is 1. The number of nitrogens with one attached hydrogen (secondary N) is 1. The minimum Gasteiger partial charge on any atom is -0.481 e. The molecule has 1 aromatic rings. The van der Waals surface area contributed by atoms with E-state index in [1.807, 2.05) is 0 Å². The highest BCUT2D eigenvalue weighted by atomic mass is 19.1. The minimum atomic E-state index is -1.13. The molecule has 0 fully saturated rings. The van der Waals surface area contributed by atoms with Crippen molar-refractivity contribution >= 4 is 11.9 Å². The number of halogens is 1. The molecule has 2 N–H and O–H groups in total.